The van der Waals surface area contributed by atoms with Crippen molar-refractivity contribution < 1.29 is 14.3 Å². The third-order valence-corrected chi connectivity index (χ3v) is 2.80. The zero-order chi connectivity index (χ0) is 14.0. The number of hydrogen-bond donors (Lipinski definition) is 1. The Kier molecular flexibility index (Phi) is 8.97. The Bertz CT molecular complexity index is 222. The number of hydrogen-bond acceptors (Lipinski definition) is 4. The van der Waals surface area contributed by atoms with E-state index in [-0.39, 0.29) is 5.91 Å². The monoisotopic (exact) mass is 260 g/mol. The van der Waals surface area contributed by atoms with Gasteiger partial charge in [-0.15, -0.1) is 0 Å². The van der Waals surface area contributed by atoms with Crippen LogP contribution in [-0.4, -0.2) is 56.9 Å². The molecule has 18 heavy (non-hydrogen) atoms. The number of nitrogens with zero attached hydrogens (tertiary/aromatic N) is 1. The van der Waals surface area contributed by atoms with Gasteiger partial charge in [0.05, 0.1) is 18.6 Å². The maximum atomic E-state index is 12.3. The molecule has 0 rings (SSSR count). The minimum atomic E-state index is -0.529. The van der Waals surface area contributed by atoms with Crippen LogP contribution in [0.1, 0.15) is 27.7 Å². The summed E-state index contributed by atoms with van der Waals surface area (Å²) in [6, 6.07) is 0. The van der Waals surface area contributed by atoms with E-state index >= 15 is 0 Å². The first kappa shape index (κ1) is 17.4. The fourth-order valence-electron chi connectivity index (χ4n) is 1.47. The number of ether oxygens (including phenoxy) is 2. The molecule has 0 aliphatic heterocycles. The summed E-state index contributed by atoms with van der Waals surface area (Å²) < 4.78 is 10.6. The van der Waals surface area contributed by atoms with Crippen LogP contribution < -0.4 is 5.73 Å². The second-order valence-corrected chi connectivity index (χ2v) is 4.77. The maximum absolute atomic E-state index is 12.3. The molecule has 0 fully saturated rings. The summed E-state index contributed by atoms with van der Waals surface area (Å²) >= 11 is 0. The summed E-state index contributed by atoms with van der Waals surface area (Å²) in [5, 5.41) is 0. The number of carbonyl (C=O) groups excluding carboxylic acids is 1. The maximum Gasteiger partial charge on any atom is 0.229 e. The molecule has 0 saturated heterocycles. The second-order valence-electron chi connectivity index (χ2n) is 4.77. The molecule has 0 heterocycles. The molecular weight excluding hydrogens is 232 g/mol. The van der Waals surface area contributed by atoms with E-state index in [0.717, 1.165) is 0 Å². The highest BCUT2D eigenvalue weighted by Gasteiger charge is 2.30. The minimum absolute atomic E-state index is 0.0596. The summed E-state index contributed by atoms with van der Waals surface area (Å²) in [5.74, 6) is 0.0596. The SMILES string of the molecule is CCOCCN(CCOCC)C(=O)C(C)(C)CN. The molecule has 0 unspecified atom stereocenters. The largest absolute Gasteiger partial charge is 0.380 e. The van der Waals surface area contributed by atoms with Crippen LogP contribution in [0.2, 0.25) is 0 Å². The van der Waals surface area contributed by atoms with Crippen molar-refractivity contribution in [2.24, 2.45) is 11.1 Å². The summed E-state index contributed by atoms with van der Waals surface area (Å²) in [6.45, 7) is 11.5. The lowest BCUT2D eigenvalue weighted by atomic mass is 9.92. The quantitative estimate of drug-likeness (QED) is 0.592. The van der Waals surface area contributed by atoms with Crippen molar-refractivity contribution in [1.29, 1.82) is 0 Å². The zero-order valence-electron chi connectivity index (χ0n) is 12.2. The molecule has 0 spiro atoms. The summed E-state index contributed by atoms with van der Waals surface area (Å²) in [7, 11) is 0. The molecule has 0 aromatic carbocycles. The number of carbonyl (C=O) groups is 1. The van der Waals surface area contributed by atoms with Gasteiger partial charge in [-0.1, -0.05) is 0 Å². The lowest BCUT2D eigenvalue weighted by molar-refractivity contribution is -0.141. The van der Waals surface area contributed by atoms with Gasteiger partial charge in [0.25, 0.3) is 0 Å². The van der Waals surface area contributed by atoms with Crippen molar-refractivity contribution >= 4 is 5.91 Å². The van der Waals surface area contributed by atoms with Crippen molar-refractivity contribution in [3.63, 3.8) is 0 Å². The Morgan fingerprint density at radius 2 is 1.56 bits per heavy atom. The van der Waals surface area contributed by atoms with Gasteiger partial charge in [-0.2, -0.15) is 0 Å². The Hall–Kier alpha value is -0.650. The smallest absolute Gasteiger partial charge is 0.229 e. The van der Waals surface area contributed by atoms with Gasteiger partial charge in [0, 0.05) is 32.8 Å². The molecule has 0 aromatic heterocycles. The topological polar surface area (TPSA) is 64.8 Å². The number of rotatable bonds is 10. The van der Waals surface area contributed by atoms with Gasteiger partial charge < -0.3 is 20.1 Å². The highest BCUT2D eigenvalue weighted by atomic mass is 16.5. The Balaban J connectivity index is 4.38. The average Bonchev–Trinajstić information content (AvgIpc) is 2.36. The first-order valence-corrected chi connectivity index (χ1v) is 6.64. The van der Waals surface area contributed by atoms with Crippen LogP contribution in [0.4, 0.5) is 0 Å². The van der Waals surface area contributed by atoms with E-state index in [2.05, 4.69) is 0 Å². The predicted molar refractivity (Wildman–Crippen MR) is 72.4 cm³/mol. The van der Waals surface area contributed by atoms with Gasteiger partial charge in [-0.3, -0.25) is 4.79 Å². The van der Waals surface area contributed by atoms with Crippen LogP contribution in [0.25, 0.3) is 0 Å². The van der Waals surface area contributed by atoms with Crippen LogP contribution in [0.3, 0.4) is 0 Å². The molecule has 0 saturated carbocycles. The van der Waals surface area contributed by atoms with Crippen molar-refractivity contribution in [3.05, 3.63) is 0 Å². The molecule has 0 radical (unpaired) electrons. The molecule has 0 atom stereocenters. The van der Waals surface area contributed by atoms with E-state index in [1.165, 1.54) is 0 Å². The fourth-order valence-corrected chi connectivity index (χ4v) is 1.47. The number of amides is 1. The van der Waals surface area contributed by atoms with Crippen LogP contribution in [0.15, 0.2) is 0 Å². The van der Waals surface area contributed by atoms with E-state index in [0.29, 0.717) is 46.1 Å². The van der Waals surface area contributed by atoms with Crippen LogP contribution in [0.5, 0.6) is 0 Å². The molecular formula is C13H28N2O3. The van der Waals surface area contributed by atoms with E-state index in [1.807, 2.05) is 27.7 Å². The van der Waals surface area contributed by atoms with Crippen LogP contribution >= 0.6 is 0 Å². The van der Waals surface area contributed by atoms with Gasteiger partial charge in [0.15, 0.2) is 0 Å². The molecule has 0 aliphatic carbocycles. The molecule has 5 nitrogen and oxygen atoms in total. The van der Waals surface area contributed by atoms with Crippen LogP contribution in [-0.2, 0) is 14.3 Å². The lowest BCUT2D eigenvalue weighted by Gasteiger charge is -2.31. The van der Waals surface area contributed by atoms with E-state index in [9.17, 15) is 4.79 Å². The number of nitrogens with two attached hydrogens (primary N) is 1. The fraction of sp³-hybridized carbons (Fsp3) is 0.923. The average molecular weight is 260 g/mol. The highest BCUT2D eigenvalue weighted by molar-refractivity contribution is 5.82. The molecule has 108 valence electrons. The van der Waals surface area contributed by atoms with Crippen molar-refractivity contribution in [3.8, 4) is 0 Å². The third kappa shape index (κ3) is 6.33. The summed E-state index contributed by atoms with van der Waals surface area (Å²) in [6.07, 6.45) is 0. The molecule has 1 amide bonds. The Labute approximate surface area is 111 Å². The third-order valence-electron chi connectivity index (χ3n) is 2.80. The zero-order valence-corrected chi connectivity index (χ0v) is 12.2. The second kappa shape index (κ2) is 9.30. The van der Waals surface area contributed by atoms with Gasteiger partial charge in [0.2, 0.25) is 5.91 Å². The molecule has 0 aromatic rings. The van der Waals surface area contributed by atoms with E-state index in [1.54, 1.807) is 4.90 Å². The Morgan fingerprint density at radius 1 is 1.11 bits per heavy atom. The van der Waals surface area contributed by atoms with Crippen LogP contribution in [0, 0.1) is 5.41 Å². The normalized spacial score (nSPS) is 11.6. The summed E-state index contributed by atoms with van der Waals surface area (Å²) in [5.41, 5.74) is 5.12. The van der Waals surface area contributed by atoms with Crippen molar-refractivity contribution in [2.75, 3.05) is 46.1 Å². The molecule has 5 heteroatoms. The molecule has 2 N–H and O–H groups in total. The first-order chi connectivity index (χ1) is 8.49. The van der Waals surface area contributed by atoms with Crippen molar-refractivity contribution in [2.45, 2.75) is 27.7 Å². The van der Waals surface area contributed by atoms with Gasteiger partial charge in [0.1, 0.15) is 0 Å². The van der Waals surface area contributed by atoms with E-state index < -0.39 is 5.41 Å². The first-order valence-electron chi connectivity index (χ1n) is 6.64. The minimum Gasteiger partial charge on any atom is -0.380 e. The van der Waals surface area contributed by atoms with Gasteiger partial charge in [-0.25, -0.2) is 0 Å². The highest BCUT2D eigenvalue weighted by Crippen LogP contribution is 2.16. The Morgan fingerprint density at radius 3 is 1.89 bits per heavy atom. The summed E-state index contributed by atoms with van der Waals surface area (Å²) in [4.78, 5) is 14.1. The van der Waals surface area contributed by atoms with Crippen molar-refractivity contribution in [1.82, 2.24) is 4.90 Å². The molecule has 0 bridgehead atoms. The van der Waals surface area contributed by atoms with Gasteiger partial charge >= 0.3 is 0 Å². The standard InChI is InChI=1S/C13H28N2O3/c1-5-17-9-7-15(8-10-18-6-2)12(16)13(3,4)11-14/h5-11,14H2,1-4H3. The molecule has 0 aliphatic rings. The van der Waals surface area contributed by atoms with E-state index in [4.69, 9.17) is 15.2 Å². The predicted octanol–water partition coefficient (Wildman–Crippen LogP) is 0.873. The lowest BCUT2D eigenvalue weighted by Crippen LogP contribution is -2.47. The van der Waals surface area contributed by atoms with Gasteiger partial charge in [-0.05, 0) is 27.7 Å².